The molecule has 0 aliphatic rings. The smallest absolute Gasteiger partial charge is 0.358 e. The Morgan fingerprint density at radius 1 is 1.05 bits per heavy atom. The molecular weight excluding hydrogens is 268 g/mol. The monoisotopic (exact) mass is 280 g/mol. The molecule has 0 spiro atoms. The molecule has 1 N–H and O–H groups in total. The highest BCUT2D eigenvalue weighted by atomic mass is 16.4. The predicted molar refractivity (Wildman–Crippen MR) is 75.4 cm³/mol. The second-order valence-electron chi connectivity index (χ2n) is 4.55. The van der Waals surface area contributed by atoms with Crippen LogP contribution >= 0.6 is 0 Å². The van der Waals surface area contributed by atoms with Gasteiger partial charge in [0, 0.05) is 12.4 Å². The van der Waals surface area contributed by atoms with Crippen LogP contribution in [-0.4, -0.2) is 31.1 Å². The third kappa shape index (κ3) is 2.94. The van der Waals surface area contributed by atoms with Crippen LogP contribution in [0.2, 0.25) is 0 Å². The summed E-state index contributed by atoms with van der Waals surface area (Å²) in [6.45, 7) is 0. The normalized spacial score (nSPS) is 10.5. The first kappa shape index (κ1) is 13.0. The molecular formula is C15H12N4O2. The number of pyridine rings is 1. The van der Waals surface area contributed by atoms with Gasteiger partial charge in [-0.2, -0.15) is 0 Å². The van der Waals surface area contributed by atoms with Crippen molar-refractivity contribution in [1.82, 2.24) is 20.0 Å². The van der Waals surface area contributed by atoms with Crippen LogP contribution in [0.5, 0.6) is 0 Å². The van der Waals surface area contributed by atoms with Gasteiger partial charge in [0.1, 0.15) is 0 Å². The minimum absolute atomic E-state index is 0.0733. The number of carbonyl (C=O) groups is 1. The number of hydrogen-bond acceptors (Lipinski definition) is 4. The summed E-state index contributed by atoms with van der Waals surface area (Å²) in [6, 6.07) is 11.7. The SMILES string of the molecule is O=C(O)c1cn(-c2ccc(Cc3ccncc3)cc2)nn1. The number of carboxylic acids is 1. The quantitative estimate of drug-likeness (QED) is 0.790. The molecule has 21 heavy (non-hydrogen) atoms. The molecule has 2 aromatic heterocycles. The average Bonchev–Trinajstić information content (AvgIpc) is 2.99. The lowest BCUT2D eigenvalue weighted by Crippen LogP contribution is -1.96. The number of benzene rings is 1. The van der Waals surface area contributed by atoms with Gasteiger partial charge >= 0.3 is 5.97 Å². The Morgan fingerprint density at radius 2 is 1.71 bits per heavy atom. The van der Waals surface area contributed by atoms with E-state index in [2.05, 4.69) is 15.3 Å². The Balaban J connectivity index is 1.78. The first-order valence-corrected chi connectivity index (χ1v) is 6.36. The fraction of sp³-hybridized carbons (Fsp3) is 0.0667. The van der Waals surface area contributed by atoms with Gasteiger partial charge in [-0.05, 0) is 41.8 Å². The van der Waals surface area contributed by atoms with Gasteiger partial charge in [-0.15, -0.1) is 5.10 Å². The Morgan fingerprint density at radius 3 is 2.33 bits per heavy atom. The molecule has 0 bridgehead atoms. The molecule has 3 aromatic rings. The molecule has 0 saturated carbocycles. The summed E-state index contributed by atoms with van der Waals surface area (Å²) in [5.74, 6) is -1.09. The van der Waals surface area contributed by atoms with Crippen molar-refractivity contribution in [2.75, 3.05) is 0 Å². The molecule has 104 valence electrons. The van der Waals surface area contributed by atoms with E-state index in [0.29, 0.717) is 0 Å². The lowest BCUT2D eigenvalue weighted by molar-refractivity contribution is 0.0690. The summed E-state index contributed by atoms with van der Waals surface area (Å²) in [5, 5.41) is 16.2. The van der Waals surface area contributed by atoms with E-state index in [1.807, 2.05) is 36.4 Å². The summed E-state index contributed by atoms with van der Waals surface area (Å²) in [6.07, 6.45) is 5.75. The van der Waals surface area contributed by atoms with Crippen LogP contribution in [-0.2, 0) is 6.42 Å². The van der Waals surface area contributed by atoms with Crippen LogP contribution in [0.4, 0.5) is 0 Å². The van der Waals surface area contributed by atoms with Gasteiger partial charge in [0.2, 0.25) is 0 Å². The molecule has 3 rings (SSSR count). The van der Waals surface area contributed by atoms with Crippen molar-refractivity contribution in [3.63, 3.8) is 0 Å². The summed E-state index contributed by atoms with van der Waals surface area (Å²) < 4.78 is 1.44. The van der Waals surface area contributed by atoms with Crippen LogP contribution < -0.4 is 0 Å². The summed E-state index contributed by atoms with van der Waals surface area (Å²) in [5.41, 5.74) is 3.04. The van der Waals surface area contributed by atoms with Gasteiger partial charge < -0.3 is 5.11 Å². The van der Waals surface area contributed by atoms with Gasteiger partial charge in [-0.25, -0.2) is 9.48 Å². The standard InChI is InChI=1S/C15H12N4O2/c20-15(21)14-10-19(18-17-14)13-3-1-11(2-4-13)9-12-5-7-16-8-6-12/h1-8,10H,9H2,(H,20,21). The molecule has 0 saturated heterocycles. The Kier molecular flexibility index (Phi) is 3.42. The van der Waals surface area contributed by atoms with Gasteiger partial charge in [0.15, 0.2) is 5.69 Å². The molecule has 0 unspecified atom stereocenters. The number of nitrogens with zero attached hydrogens (tertiary/aromatic N) is 4. The number of aromatic carboxylic acids is 1. The van der Waals surface area contributed by atoms with E-state index in [1.54, 1.807) is 12.4 Å². The third-order valence-electron chi connectivity index (χ3n) is 3.07. The summed E-state index contributed by atoms with van der Waals surface area (Å²) in [7, 11) is 0. The molecule has 0 fully saturated rings. The lowest BCUT2D eigenvalue weighted by atomic mass is 10.1. The van der Waals surface area contributed by atoms with Crippen molar-refractivity contribution < 1.29 is 9.90 Å². The van der Waals surface area contributed by atoms with Crippen LogP contribution in [0.3, 0.4) is 0 Å². The van der Waals surface area contributed by atoms with E-state index in [0.717, 1.165) is 17.7 Å². The predicted octanol–water partition coefficient (Wildman–Crippen LogP) is 1.95. The maximum absolute atomic E-state index is 10.8. The Bertz CT molecular complexity index is 751. The van der Waals surface area contributed by atoms with Crippen molar-refractivity contribution in [2.45, 2.75) is 6.42 Å². The van der Waals surface area contributed by atoms with Crippen molar-refractivity contribution in [2.24, 2.45) is 0 Å². The van der Waals surface area contributed by atoms with Crippen molar-refractivity contribution in [3.05, 3.63) is 71.8 Å². The zero-order chi connectivity index (χ0) is 14.7. The number of hydrogen-bond donors (Lipinski definition) is 1. The molecule has 0 radical (unpaired) electrons. The van der Waals surface area contributed by atoms with Crippen LogP contribution in [0, 0.1) is 0 Å². The Labute approximate surface area is 120 Å². The van der Waals surface area contributed by atoms with Crippen LogP contribution in [0.25, 0.3) is 5.69 Å². The van der Waals surface area contributed by atoms with Gasteiger partial charge in [0.25, 0.3) is 0 Å². The highest BCUT2D eigenvalue weighted by Gasteiger charge is 2.09. The fourth-order valence-electron chi connectivity index (χ4n) is 1.99. The van der Waals surface area contributed by atoms with Gasteiger partial charge in [-0.3, -0.25) is 4.98 Å². The third-order valence-corrected chi connectivity index (χ3v) is 3.07. The molecule has 6 nitrogen and oxygen atoms in total. The summed E-state index contributed by atoms with van der Waals surface area (Å²) in [4.78, 5) is 14.8. The lowest BCUT2D eigenvalue weighted by Gasteiger charge is -2.04. The molecule has 1 aromatic carbocycles. The number of aromatic nitrogens is 4. The minimum Gasteiger partial charge on any atom is -0.476 e. The maximum atomic E-state index is 10.8. The summed E-state index contributed by atoms with van der Waals surface area (Å²) >= 11 is 0. The zero-order valence-corrected chi connectivity index (χ0v) is 11.0. The number of rotatable bonds is 4. The van der Waals surface area contributed by atoms with E-state index in [-0.39, 0.29) is 5.69 Å². The van der Waals surface area contributed by atoms with E-state index in [4.69, 9.17) is 5.11 Å². The molecule has 0 aliphatic carbocycles. The van der Waals surface area contributed by atoms with E-state index in [9.17, 15) is 4.79 Å². The molecule has 0 aliphatic heterocycles. The second kappa shape index (κ2) is 5.54. The van der Waals surface area contributed by atoms with Crippen molar-refractivity contribution >= 4 is 5.97 Å². The van der Waals surface area contributed by atoms with Crippen LogP contribution in [0.1, 0.15) is 21.6 Å². The fourth-order valence-corrected chi connectivity index (χ4v) is 1.99. The molecule has 0 amide bonds. The van der Waals surface area contributed by atoms with E-state index >= 15 is 0 Å². The van der Waals surface area contributed by atoms with E-state index in [1.165, 1.54) is 16.4 Å². The first-order valence-electron chi connectivity index (χ1n) is 6.36. The first-order chi connectivity index (χ1) is 10.2. The van der Waals surface area contributed by atoms with Crippen molar-refractivity contribution in [3.8, 4) is 5.69 Å². The molecule has 6 heteroatoms. The average molecular weight is 280 g/mol. The molecule has 0 atom stereocenters. The van der Waals surface area contributed by atoms with Crippen molar-refractivity contribution in [1.29, 1.82) is 0 Å². The Hall–Kier alpha value is -3.02. The van der Waals surface area contributed by atoms with Gasteiger partial charge in [-0.1, -0.05) is 17.3 Å². The van der Waals surface area contributed by atoms with Gasteiger partial charge in [0.05, 0.1) is 11.9 Å². The minimum atomic E-state index is -1.09. The second-order valence-corrected chi connectivity index (χ2v) is 4.55. The largest absolute Gasteiger partial charge is 0.476 e. The van der Waals surface area contributed by atoms with E-state index < -0.39 is 5.97 Å². The van der Waals surface area contributed by atoms with Crippen LogP contribution in [0.15, 0.2) is 55.0 Å². The topological polar surface area (TPSA) is 80.9 Å². The number of carboxylic acid groups (broad SMARTS) is 1. The zero-order valence-electron chi connectivity index (χ0n) is 11.0. The highest BCUT2D eigenvalue weighted by Crippen LogP contribution is 2.12. The highest BCUT2D eigenvalue weighted by molar-refractivity contribution is 5.84. The maximum Gasteiger partial charge on any atom is 0.358 e. The molecule has 2 heterocycles.